The van der Waals surface area contributed by atoms with Crippen LogP contribution in [0.25, 0.3) is 5.70 Å². The Labute approximate surface area is 103 Å². The molecule has 0 saturated carbocycles. The lowest BCUT2D eigenvalue weighted by Crippen LogP contribution is -1.96. The Morgan fingerprint density at radius 2 is 2.24 bits per heavy atom. The molecule has 0 spiro atoms. The van der Waals surface area contributed by atoms with Crippen LogP contribution >= 0.6 is 0 Å². The molecule has 0 aromatic carbocycles. The molecule has 1 heterocycles. The largest absolute Gasteiger partial charge is 0.255 e. The van der Waals surface area contributed by atoms with E-state index in [1.807, 2.05) is 13.0 Å². The van der Waals surface area contributed by atoms with E-state index >= 15 is 0 Å². The number of aryl methyl sites for hydroxylation is 1. The number of hydrogen-bond donors (Lipinski definition) is 0. The Balaban J connectivity index is 2.26. The topological polar surface area (TPSA) is 25.2 Å². The second-order valence-corrected chi connectivity index (χ2v) is 4.73. The molecule has 17 heavy (non-hydrogen) atoms. The molecule has 0 saturated heterocycles. The van der Waals surface area contributed by atoms with E-state index in [2.05, 4.69) is 36.1 Å². The van der Waals surface area contributed by atoms with Crippen LogP contribution in [0.15, 0.2) is 35.9 Å². The molecular weight excluding hydrogens is 208 g/mol. The molecule has 0 bridgehead atoms. The first kappa shape index (κ1) is 11.8. The maximum absolute atomic E-state index is 4.67. The molecule has 1 unspecified atom stereocenters. The molecule has 1 aromatic rings. The van der Waals surface area contributed by atoms with Crippen LogP contribution < -0.4 is 0 Å². The van der Waals surface area contributed by atoms with Gasteiger partial charge in [-0.2, -0.15) is 0 Å². The summed E-state index contributed by atoms with van der Waals surface area (Å²) in [5.41, 5.74) is 5.08. The first-order chi connectivity index (χ1) is 8.08. The number of rotatable bonds is 3. The summed E-state index contributed by atoms with van der Waals surface area (Å²) in [6.07, 6.45) is 4.07. The maximum Gasteiger partial charge on any atom is 0.0883 e. The quantitative estimate of drug-likeness (QED) is 0.720. The number of aliphatic imine (C=N–C) groups is 1. The fourth-order valence-electron chi connectivity index (χ4n) is 2.07. The summed E-state index contributed by atoms with van der Waals surface area (Å²) in [6.45, 7) is 11.9. The van der Waals surface area contributed by atoms with Crippen molar-refractivity contribution in [2.24, 2.45) is 4.99 Å². The van der Waals surface area contributed by atoms with Gasteiger partial charge in [-0.3, -0.25) is 9.98 Å². The van der Waals surface area contributed by atoms with Crippen LogP contribution in [0.3, 0.4) is 0 Å². The highest BCUT2D eigenvalue weighted by Gasteiger charge is 2.20. The average Bonchev–Trinajstić information content (AvgIpc) is 2.67. The fourth-order valence-corrected chi connectivity index (χ4v) is 2.07. The standard InChI is InChI=1S/C15H18N2/c1-10(2)9-16-12(4)14-8-7-13-6-5-11(3)15(13)17-14/h7-9,11H,1,4-6H2,2-3H3. The van der Waals surface area contributed by atoms with Crippen LogP contribution in [0.4, 0.5) is 0 Å². The van der Waals surface area contributed by atoms with Gasteiger partial charge >= 0.3 is 0 Å². The van der Waals surface area contributed by atoms with Crippen molar-refractivity contribution in [1.82, 2.24) is 4.98 Å². The predicted molar refractivity (Wildman–Crippen MR) is 73.3 cm³/mol. The predicted octanol–water partition coefficient (Wildman–Crippen LogP) is 3.75. The van der Waals surface area contributed by atoms with Gasteiger partial charge in [-0.05, 0) is 42.9 Å². The van der Waals surface area contributed by atoms with Gasteiger partial charge in [0.25, 0.3) is 0 Å². The van der Waals surface area contributed by atoms with E-state index in [0.29, 0.717) is 11.6 Å². The molecule has 0 amide bonds. The molecule has 0 N–H and O–H groups in total. The van der Waals surface area contributed by atoms with Gasteiger partial charge < -0.3 is 0 Å². The third kappa shape index (κ3) is 2.52. The van der Waals surface area contributed by atoms with Crippen molar-refractivity contribution in [3.8, 4) is 0 Å². The monoisotopic (exact) mass is 226 g/mol. The van der Waals surface area contributed by atoms with Gasteiger partial charge in [0.1, 0.15) is 0 Å². The molecule has 1 atom stereocenters. The normalized spacial score (nSPS) is 18.4. The van der Waals surface area contributed by atoms with Crippen molar-refractivity contribution in [1.29, 1.82) is 0 Å². The van der Waals surface area contributed by atoms with E-state index in [0.717, 1.165) is 17.7 Å². The van der Waals surface area contributed by atoms with E-state index in [-0.39, 0.29) is 0 Å². The van der Waals surface area contributed by atoms with E-state index < -0.39 is 0 Å². The number of allylic oxidation sites excluding steroid dienone is 1. The van der Waals surface area contributed by atoms with Crippen LogP contribution in [0.5, 0.6) is 0 Å². The van der Waals surface area contributed by atoms with E-state index in [9.17, 15) is 0 Å². The van der Waals surface area contributed by atoms with Gasteiger partial charge in [0.2, 0.25) is 0 Å². The number of nitrogens with zero attached hydrogens (tertiary/aromatic N) is 2. The van der Waals surface area contributed by atoms with Crippen LogP contribution in [0.1, 0.15) is 43.1 Å². The van der Waals surface area contributed by atoms with Gasteiger partial charge in [-0.1, -0.05) is 26.1 Å². The molecular formula is C15H18N2. The number of hydrogen-bond acceptors (Lipinski definition) is 2. The molecule has 0 radical (unpaired) electrons. The van der Waals surface area contributed by atoms with Gasteiger partial charge in [0.05, 0.1) is 11.4 Å². The van der Waals surface area contributed by atoms with Crippen molar-refractivity contribution in [3.63, 3.8) is 0 Å². The lowest BCUT2D eigenvalue weighted by Gasteiger charge is -2.06. The van der Waals surface area contributed by atoms with E-state index in [1.54, 1.807) is 6.21 Å². The molecule has 2 heteroatoms. The highest BCUT2D eigenvalue weighted by Crippen LogP contribution is 2.31. The van der Waals surface area contributed by atoms with Crippen molar-refractivity contribution in [3.05, 3.63) is 47.8 Å². The lowest BCUT2D eigenvalue weighted by atomic mass is 10.1. The SMILES string of the molecule is C=C(C)C=NC(=C)c1ccc2c(n1)C(C)CC2. The van der Waals surface area contributed by atoms with Crippen molar-refractivity contribution in [2.75, 3.05) is 0 Å². The minimum Gasteiger partial charge on any atom is -0.255 e. The van der Waals surface area contributed by atoms with Crippen LogP contribution in [0, 0.1) is 0 Å². The highest BCUT2D eigenvalue weighted by atomic mass is 14.8. The van der Waals surface area contributed by atoms with Crippen molar-refractivity contribution >= 4 is 11.9 Å². The summed E-state index contributed by atoms with van der Waals surface area (Å²) in [6, 6.07) is 4.16. The molecule has 0 fully saturated rings. The molecule has 2 rings (SSSR count). The Morgan fingerprint density at radius 3 is 2.94 bits per heavy atom. The Morgan fingerprint density at radius 1 is 1.47 bits per heavy atom. The minimum atomic E-state index is 0.558. The number of pyridine rings is 1. The fraction of sp³-hybridized carbons (Fsp3) is 0.333. The molecule has 1 aromatic heterocycles. The Hall–Kier alpha value is -1.70. The Bertz CT molecular complexity index is 498. The second-order valence-electron chi connectivity index (χ2n) is 4.73. The lowest BCUT2D eigenvalue weighted by molar-refractivity contribution is 0.730. The summed E-state index contributed by atoms with van der Waals surface area (Å²) >= 11 is 0. The van der Waals surface area contributed by atoms with Crippen molar-refractivity contribution in [2.45, 2.75) is 32.6 Å². The molecule has 88 valence electrons. The van der Waals surface area contributed by atoms with Gasteiger partial charge in [-0.25, -0.2) is 0 Å². The highest BCUT2D eigenvalue weighted by molar-refractivity contribution is 5.82. The summed E-state index contributed by atoms with van der Waals surface area (Å²) in [5.74, 6) is 0.558. The van der Waals surface area contributed by atoms with E-state index in [1.165, 1.54) is 17.7 Å². The summed E-state index contributed by atoms with van der Waals surface area (Å²) in [4.78, 5) is 8.93. The molecule has 2 nitrogen and oxygen atoms in total. The zero-order valence-corrected chi connectivity index (χ0v) is 10.5. The van der Waals surface area contributed by atoms with Gasteiger partial charge in [0, 0.05) is 11.9 Å². The smallest absolute Gasteiger partial charge is 0.0883 e. The second kappa shape index (κ2) is 4.66. The first-order valence-corrected chi connectivity index (χ1v) is 5.96. The van der Waals surface area contributed by atoms with Crippen LogP contribution in [0.2, 0.25) is 0 Å². The first-order valence-electron chi connectivity index (χ1n) is 5.96. The zero-order valence-electron chi connectivity index (χ0n) is 10.5. The third-order valence-electron chi connectivity index (χ3n) is 3.06. The molecule has 1 aliphatic carbocycles. The molecule has 0 aliphatic heterocycles. The van der Waals surface area contributed by atoms with Crippen molar-refractivity contribution < 1.29 is 0 Å². The average molecular weight is 226 g/mol. The Kier molecular flexibility index (Phi) is 3.23. The molecule has 1 aliphatic rings. The van der Waals surface area contributed by atoms with Crippen LogP contribution in [-0.2, 0) is 6.42 Å². The number of fused-ring (bicyclic) bond motifs is 1. The summed E-state index contributed by atoms with van der Waals surface area (Å²) in [5, 5.41) is 0. The third-order valence-corrected chi connectivity index (χ3v) is 3.06. The number of aromatic nitrogens is 1. The summed E-state index contributed by atoms with van der Waals surface area (Å²) in [7, 11) is 0. The van der Waals surface area contributed by atoms with Gasteiger partial charge in [0.15, 0.2) is 0 Å². The summed E-state index contributed by atoms with van der Waals surface area (Å²) < 4.78 is 0. The van der Waals surface area contributed by atoms with Gasteiger partial charge in [-0.15, -0.1) is 0 Å². The minimum absolute atomic E-state index is 0.558. The maximum atomic E-state index is 4.67. The van der Waals surface area contributed by atoms with Crippen LogP contribution in [-0.4, -0.2) is 11.2 Å². The zero-order chi connectivity index (χ0) is 12.4. The van der Waals surface area contributed by atoms with E-state index in [4.69, 9.17) is 0 Å².